The number of halogens is 1. The van der Waals surface area contributed by atoms with Crippen LogP contribution in [0.25, 0.3) is 0 Å². The number of ether oxygens (including phenoxy) is 1. The van der Waals surface area contributed by atoms with E-state index in [2.05, 4.69) is 15.7 Å². The zero-order valence-electron chi connectivity index (χ0n) is 15.4. The Bertz CT molecular complexity index is 968. The molecule has 140 valence electrons. The molecule has 0 radical (unpaired) electrons. The third-order valence-corrected chi connectivity index (χ3v) is 4.17. The number of rotatable bonds is 5. The number of hydrogen-bond donors (Lipinski definition) is 2. The Kier molecular flexibility index (Phi) is 5.40. The minimum absolute atomic E-state index is 0.381. The van der Waals surface area contributed by atoms with Crippen molar-refractivity contribution in [2.75, 3.05) is 17.7 Å². The number of hydrogen-bond acceptors (Lipinski definition) is 3. The summed E-state index contributed by atoms with van der Waals surface area (Å²) in [5, 5.41) is 9.92. The van der Waals surface area contributed by atoms with Crippen molar-refractivity contribution in [3.8, 4) is 5.75 Å². The number of aromatic nitrogens is 2. The lowest BCUT2D eigenvalue weighted by Gasteiger charge is -2.09. The molecular formula is C20H21FN4O2. The van der Waals surface area contributed by atoms with Gasteiger partial charge in [0.2, 0.25) is 0 Å². The smallest absolute Gasteiger partial charge is 0.323 e. The summed E-state index contributed by atoms with van der Waals surface area (Å²) in [4.78, 5) is 12.3. The first kappa shape index (κ1) is 18.4. The summed E-state index contributed by atoms with van der Waals surface area (Å²) in [6.45, 7) is 4.27. The summed E-state index contributed by atoms with van der Waals surface area (Å²) >= 11 is 0. The molecule has 0 fully saturated rings. The van der Waals surface area contributed by atoms with Crippen molar-refractivity contribution in [2.45, 2.75) is 20.4 Å². The Hall–Kier alpha value is -3.35. The molecule has 0 saturated heterocycles. The SMILES string of the molecule is COc1cccc(Cn2nc(C)c(NC(=O)Nc3cccc(F)c3)c2C)c1. The van der Waals surface area contributed by atoms with Crippen molar-refractivity contribution >= 4 is 17.4 Å². The van der Waals surface area contributed by atoms with Crippen molar-refractivity contribution in [3.05, 3.63) is 71.3 Å². The number of benzene rings is 2. The standard InChI is InChI=1S/C20H21FN4O2/c1-13-19(23-20(26)22-17-8-5-7-16(21)11-17)14(2)25(24-13)12-15-6-4-9-18(10-15)27-3/h4-11H,12H2,1-3H3,(H2,22,23,26). The van der Waals surface area contributed by atoms with Crippen LogP contribution in [0.4, 0.5) is 20.6 Å². The monoisotopic (exact) mass is 368 g/mol. The average molecular weight is 368 g/mol. The van der Waals surface area contributed by atoms with Crippen molar-refractivity contribution in [2.24, 2.45) is 0 Å². The molecule has 0 aliphatic carbocycles. The fourth-order valence-corrected chi connectivity index (χ4v) is 2.82. The molecule has 2 N–H and O–H groups in total. The zero-order valence-corrected chi connectivity index (χ0v) is 15.4. The van der Waals surface area contributed by atoms with Crippen LogP contribution in [-0.4, -0.2) is 22.9 Å². The molecule has 0 spiro atoms. The third kappa shape index (κ3) is 4.44. The van der Waals surface area contributed by atoms with Crippen LogP contribution in [0.5, 0.6) is 5.75 Å². The lowest BCUT2D eigenvalue weighted by Crippen LogP contribution is -2.20. The largest absolute Gasteiger partial charge is 0.497 e. The topological polar surface area (TPSA) is 68.2 Å². The van der Waals surface area contributed by atoms with E-state index in [1.54, 1.807) is 13.2 Å². The number of nitrogens with one attached hydrogen (secondary N) is 2. The molecule has 6 nitrogen and oxygen atoms in total. The highest BCUT2D eigenvalue weighted by Gasteiger charge is 2.15. The molecule has 3 aromatic rings. The molecule has 2 amide bonds. The number of nitrogens with zero attached hydrogens (tertiary/aromatic N) is 2. The summed E-state index contributed by atoms with van der Waals surface area (Å²) in [6.07, 6.45) is 0. The third-order valence-electron chi connectivity index (χ3n) is 4.17. The van der Waals surface area contributed by atoms with Crippen LogP contribution in [0.3, 0.4) is 0 Å². The van der Waals surface area contributed by atoms with E-state index >= 15 is 0 Å². The number of amides is 2. The van der Waals surface area contributed by atoms with Crippen LogP contribution >= 0.6 is 0 Å². The Labute approximate surface area is 157 Å². The second kappa shape index (κ2) is 7.90. The van der Waals surface area contributed by atoms with Crippen LogP contribution in [0.2, 0.25) is 0 Å². The lowest BCUT2D eigenvalue weighted by atomic mass is 10.2. The minimum Gasteiger partial charge on any atom is -0.497 e. The number of carbonyl (C=O) groups excluding carboxylic acids is 1. The van der Waals surface area contributed by atoms with Crippen LogP contribution in [-0.2, 0) is 6.54 Å². The van der Waals surface area contributed by atoms with Crippen molar-refractivity contribution < 1.29 is 13.9 Å². The second-order valence-electron chi connectivity index (χ2n) is 6.14. The first-order valence-electron chi connectivity index (χ1n) is 8.47. The number of aryl methyl sites for hydroxylation is 1. The molecular weight excluding hydrogens is 347 g/mol. The minimum atomic E-state index is -0.451. The van der Waals surface area contributed by atoms with Crippen molar-refractivity contribution in [1.29, 1.82) is 0 Å². The summed E-state index contributed by atoms with van der Waals surface area (Å²) in [6, 6.07) is 13.0. The molecule has 1 aromatic heterocycles. The molecule has 0 bridgehead atoms. The van der Waals surface area contributed by atoms with Gasteiger partial charge in [-0.15, -0.1) is 0 Å². The van der Waals surface area contributed by atoms with Gasteiger partial charge in [0.15, 0.2) is 0 Å². The highest BCUT2D eigenvalue weighted by atomic mass is 19.1. The van der Waals surface area contributed by atoms with Gasteiger partial charge in [0, 0.05) is 5.69 Å². The van der Waals surface area contributed by atoms with Gasteiger partial charge in [-0.2, -0.15) is 5.10 Å². The molecule has 0 atom stereocenters. The van der Waals surface area contributed by atoms with E-state index in [4.69, 9.17) is 4.74 Å². The molecule has 0 saturated carbocycles. The van der Waals surface area contributed by atoms with Crippen LogP contribution < -0.4 is 15.4 Å². The molecule has 0 aliphatic heterocycles. The van der Waals surface area contributed by atoms with Crippen LogP contribution in [0, 0.1) is 19.7 Å². The zero-order chi connectivity index (χ0) is 19.4. The summed E-state index contributed by atoms with van der Waals surface area (Å²) in [5.41, 5.74) is 3.57. The summed E-state index contributed by atoms with van der Waals surface area (Å²) in [5.74, 6) is 0.369. The van der Waals surface area contributed by atoms with Crippen LogP contribution in [0.1, 0.15) is 17.0 Å². The second-order valence-corrected chi connectivity index (χ2v) is 6.14. The van der Waals surface area contributed by atoms with Crippen molar-refractivity contribution in [1.82, 2.24) is 9.78 Å². The predicted molar refractivity (Wildman–Crippen MR) is 103 cm³/mol. The quantitative estimate of drug-likeness (QED) is 0.704. The van der Waals surface area contributed by atoms with E-state index in [1.807, 2.05) is 42.8 Å². The van der Waals surface area contributed by atoms with E-state index in [0.29, 0.717) is 23.6 Å². The molecule has 0 unspecified atom stereocenters. The molecule has 1 heterocycles. The fraction of sp³-hybridized carbons (Fsp3) is 0.200. The van der Waals surface area contributed by atoms with Gasteiger partial charge in [0.05, 0.1) is 30.7 Å². The summed E-state index contributed by atoms with van der Waals surface area (Å²) < 4.78 is 20.3. The van der Waals surface area contributed by atoms with E-state index < -0.39 is 11.8 Å². The van der Waals surface area contributed by atoms with Gasteiger partial charge in [-0.25, -0.2) is 9.18 Å². The fourth-order valence-electron chi connectivity index (χ4n) is 2.82. The highest BCUT2D eigenvalue weighted by Crippen LogP contribution is 2.22. The Morgan fingerprint density at radius 2 is 1.93 bits per heavy atom. The predicted octanol–water partition coefficient (Wildman–Crippen LogP) is 4.34. The normalized spacial score (nSPS) is 10.5. The maximum absolute atomic E-state index is 13.2. The number of anilines is 2. The lowest BCUT2D eigenvalue weighted by molar-refractivity contribution is 0.262. The molecule has 0 aliphatic rings. The maximum atomic E-state index is 13.2. The van der Waals surface area contributed by atoms with Gasteiger partial charge in [-0.1, -0.05) is 18.2 Å². The van der Waals surface area contributed by atoms with E-state index in [-0.39, 0.29) is 0 Å². The Balaban J connectivity index is 1.74. The highest BCUT2D eigenvalue weighted by molar-refractivity contribution is 6.00. The molecule has 2 aromatic carbocycles. The first-order chi connectivity index (χ1) is 13.0. The molecule has 3 rings (SSSR count). The molecule has 27 heavy (non-hydrogen) atoms. The summed E-state index contributed by atoms with van der Waals surface area (Å²) in [7, 11) is 1.63. The van der Waals surface area contributed by atoms with Gasteiger partial charge in [-0.3, -0.25) is 4.68 Å². The van der Waals surface area contributed by atoms with Gasteiger partial charge in [0.1, 0.15) is 11.6 Å². The van der Waals surface area contributed by atoms with Gasteiger partial charge < -0.3 is 15.4 Å². The van der Waals surface area contributed by atoms with Crippen molar-refractivity contribution in [3.63, 3.8) is 0 Å². The number of urea groups is 1. The maximum Gasteiger partial charge on any atom is 0.323 e. The Morgan fingerprint density at radius 1 is 1.15 bits per heavy atom. The Morgan fingerprint density at radius 3 is 2.67 bits per heavy atom. The molecule has 7 heteroatoms. The van der Waals surface area contributed by atoms with Gasteiger partial charge >= 0.3 is 6.03 Å². The van der Waals surface area contributed by atoms with Gasteiger partial charge in [0.25, 0.3) is 0 Å². The average Bonchev–Trinajstić information content (AvgIpc) is 2.89. The number of methoxy groups -OCH3 is 1. The first-order valence-corrected chi connectivity index (χ1v) is 8.47. The van der Waals surface area contributed by atoms with E-state index in [1.165, 1.54) is 18.2 Å². The van der Waals surface area contributed by atoms with E-state index in [0.717, 1.165) is 17.0 Å². The van der Waals surface area contributed by atoms with E-state index in [9.17, 15) is 9.18 Å². The van der Waals surface area contributed by atoms with Gasteiger partial charge in [-0.05, 0) is 49.7 Å². The number of carbonyl (C=O) groups is 1. The van der Waals surface area contributed by atoms with Crippen LogP contribution in [0.15, 0.2) is 48.5 Å².